The highest BCUT2D eigenvalue weighted by Gasteiger charge is 2.17. The van der Waals surface area contributed by atoms with Crippen molar-refractivity contribution in [3.05, 3.63) is 81.8 Å². The number of nitrogens with one attached hydrogen (secondary N) is 1. The molecule has 0 spiro atoms. The molecule has 0 bridgehead atoms. The molecule has 2 aromatic carbocycles. The van der Waals surface area contributed by atoms with Crippen LogP contribution < -0.4 is 5.56 Å². The van der Waals surface area contributed by atoms with Crippen LogP contribution in [0.5, 0.6) is 5.75 Å². The van der Waals surface area contributed by atoms with Crippen LogP contribution in [0, 0.1) is 6.92 Å². The standard InChI is InChI=1S/C19H14N2O3/c1-11-6-7-17(22)13(8-11)18(23)12-9-16-19(24)20-14-4-2-3-5-15(14)21(16)10-12/h2-10,22H,1H3,(H,20,24). The van der Waals surface area contributed by atoms with Crippen LogP contribution in [0.2, 0.25) is 0 Å². The zero-order valence-electron chi connectivity index (χ0n) is 12.9. The van der Waals surface area contributed by atoms with E-state index in [1.54, 1.807) is 28.8 Å². The Morgan fingerprint density at radius 1 is 1.08 bits per heavy atom. The van der Waals surface area contributed by atoms with Gasteiger partial charge in [-0.2, -0.15) is 0 Å². The summed E-state index contributed by atoms with van der Waals surface area (Å²) < 4.78 is 1.70. The molecule has 118 valence electrons. The summed E-state index contributed by atoms with van der Waals surface area (Å²) in [6.45, 7) is 1.85. The van der Waals surface area contributed by atoms with Gasteiger partial charge in [-0.3, -0.25) is 9.59 Å². The van der Waals surface area contributed by atoms with Crippen molar-refractivity contribution < 1.29 is 9.90 Å². The molecule has 4 rings (SSSR count). The fourth-order valence-corrected chi connectivity index (χ4v) is 2.92. The number of hydrogen-bond acceptors (Lipinski definition) is 3. The van der Waals surface area contributed by atoms with E-state index >= 15 is 0 Å². The molecular weight excluding hydrogens is 304 g/mol. The summed E-state index contributed by atoms with van der Waals surface area (Å²) in [7, 11) is 0. The first-order valence-electron chi connectivity index (χ1n) is 7.52. The van der Waals surface area contributed by atoms with E-state index in [4.69, 9.17) is 0 Å². The molecule has 0 fully saturated rings. The molecule has 0 unspecified atom stereocenters. The lowest BCUT2D eigenvalue weighted by Gasteiger charge is -2.03. The van der Waals surface area contributed by atoms with Crippen molar-refractivity contribution in [2.24, 2.45) is 0 Å². The van der Waals surface area contributed by atoms with Gasteiger partial charge in [0.2, 0.25) is 0 Å². The van der Waals surface area contributed by atoms with Crippen LogP contribution in [-0.2, 0) is 0 Å². The van der Waals surface area contributed by atoms with Gasteiger partial charge in [0, 0.05) is 11.8 Å². The van der Waals surface area contributed by atoms with E-state index in [1.807, 2.05) is 31.2 Å². The Bertz CT molecular complexity index is 1170. The molecule has 0 radical (unpaired) electrons. The van der Waals surface area contributed by atoms with Gasteiger partial charge in [0.25, 0.3) is 5.56 Å². The Morgan fingerprint density at radius 3 is 2.71 bits per heavy atom. The zero-order chi connectivity index (χ0) is 16.8. The minimum Gasteiger partial charge on any atom is -0.507 e. The van der Waals surface area contributed by atoms with Gasteiger partial charge < -0.3 is 14.5 Å². The average molecular weight is 318 g/mol. The third-order valence-corrected chi connectivity index (χ3v) is 4.12. The van der Waals surface area contributed by atoms with Crippen LogP contribution in [-0.4, -0.2) is 20.3 Å². The lowest BCUT2D eigenvalue weighted by Crippen LogP contribution is -2.09. The van der Waals surface area contributed by atoms with Crippen LogP contribution >= 0.6 is 0 Å². The Balaban J connectivity index is 1.96. The van der Waals surface area contributed by atoms with E-state index in [0.29, 0.717) is 16.6 Å². The second-order valence-electron chi connectivity index (χ2n) is 5.81. The van der Waals surface area contributed by atoms with Crippen LogP contribution in [0.3, 0.4) is 0 Å². The van der Waals surface area contributed by atoms with Gasteiger partial charge in [0.05, 0.1) is 16.6 Å². The highest BCUT2D eigenvalue weighted by atomic mass is 16.3. The van der Waals surface area contributed by atoms with Crippen LogP contribution in [0.4, 0.5) is 0 Å². The van der Waals surface area contributed by atoms with Gasteiger partial charge in [-0.15, -0.1) is 0 Å². The molecule has 4 aromatic rings. The number of hydrogen-bond donors (Lipinski definition) is 2. The molecule has 0 aliphatic carbocycles. The Hall–Kier alpha value is -3.34. The number of nitrogens with zero attached hydrogens (tertiary/aromatic N) is 1. The first kappa shape index (κ1) is 14.3. The molecule has 0 saturated carbocycles. The fourth-order valence-electron chi connectivity index (χ4n) is 2.92. The summed E-state index contributed by atoms with van der Waals surface area (Å²) in [5, 5.41) is 9.97. The Labute approximate surface area is 136 Å². The summed E-state index contributed by atoms with van der Waals surface area (Å²) in [6, 6.07) is 13.8. The molecule has 0 amide bonds. The normalized spacial score (nSPS) is 11.2. The highest BCUT2D eigenvalue weighted by molar-refractivity contribution is 6.11. The van der Waals surface area contributed by atoms with Gasteiger partial charge in [0.15, 0.2) is 5.78 Å². The lowest BCUT2D eigenvalue weighted by molar-refractivity contribution is 0.103. The van der Waals surface area contributed by atoms with Crippen molar-refractivity contribution in [3.63, 3.8) is 0 Å². The van der Waals surface area contributed by atoms with E-state index in [2.05, 4.69) is 4.98 Å². The number of aryl methyl sites for hydroxylation is 1. The second kappa shape index (κ2) is 5.09. The van der Waals surface area contributed by atoms with E-state index in [-0.39, 0.29) is 22.7 Å². The maximum atomic E-state index is 12.8. The minimum atomic E-state index is -0.316. The van der Waals surface area contributed by atoms with E-state index in [0.717, 1.165) is 11.1 Å². The van der Waals surface area contributed by atoms with E-state index in [9.17, 15) is 14.7 Å². The Kier molecular flexibility index (Phi) is 3.03. The number of carbonyl (C=O) groups excluding carboxylic acids is 1. The maximum absolute atomic E-state index is 12.8. The molecule has 5 nitrogen and oxygen atoms in total. The summed E-state index contributed by atoms with van der Waals surface area (Å²) in [5.41, 5.74) is 3.10. The number of phenols is 1. The summed E-state index contributed by atoms with van der Waals surface area (Å²) in [6.07, 6.45) is 1.64. The Morgan fingerprint density at radius 2 is 1.88 bits per heavy atom. The summed E-state index contributed by atoms with van der Waals surface area (Å²) in [5.74, 6) is -0.386. The lowest BCUT2D eigenvalue weighted by atomic mass is 10.0. The largest absolute Gasteiger partial charge is 0.507 e. The first-order chi connectivity index (χ1) is 11.5. The molecule has 0 saturated heterocycles. The van der Waals surface area contributed by atoms with Crippen molar-refractivity contribution in [3.8, 4) is 5.75 Å². The number of aromatic nitrogens is 2. The zero-order valence-corrected chi connectivity index (χ0v) is 12.9. The van der Waals surface area contributed by atoms with Crippen molar-refractivity contribution in [2.45, 2.75) is 6.92 Å². The van der Waals surface area contributed by atoms with Gasteiger partial charge in [-0.1, -0.05) is 23.8 Å². The molecular formula is C19H14N2O3. The van der Waals surface area contributed by atoms with Gasteiger partial charge in [-0.05, 0) is 37.3 Å². The van der Waals surface area contributed by atoms with E-state index < -0.39 is 0 Å². The summed E-state index contributed by atoms with van der Waals surface area (Å²) in [4.78, 5) is 27.8. The topological polar surface area (TPSA) is 74.6 Å². The molecule has 2 N–H and O–H groups in total. The average Bonchev–Trinajstić information content (AvgIpc) is 3.03. The minimum absolute atomic E-state index is 0.0698. The van der Waals surface area contributed by atoms with Gasteiger partial charge >= 0.3 is 0 Å². The number of carbonyl (C=O) groups is 1. The molecule has 24 heavy (non-hydrogen) atoms. The number of aromatic amines is 1. The van der Waals surface area contributed by atoms with Crippen LogP contribution in [0.1, 0.15) is 21.5 Å². The molecule has 5 heteroatoms. The number of para-hydroxylation sites is 2. The van der Waals surface area contributed by atoms with Crippen molar-refractivity contribution in [1.29, 1.82) is 0 Å². The third kappa shape index (κ3) is 2.10. The number of phenolic OH excluding ortho intramolecular Hbond substituents is 1. The quantitative estimate of drug-likeness (QED) is 0.558. The van der Waals surface area contributed by atoms with Crippen molar-refractivity contribution >= 4 is 22.3 Å². The summed E-state index contributed by atoms with van der Waals surface area (Å²) >= 11 is 0. The molecule has 0 atom stereocenters. The maximum Gasteiger partial charge on any atom is 0.272 e. The predicted molar refractivity (Wildman–Crippen MR) is 91.8 cm³/mol. The fraction of sp³-hybridized carbons (Fsp3) is 0.0526. The van der Waals surface area contributed by atoms with E-state index in [1.165, 1.54) is 6.07 Å². The molecule has 0 aliphatic rings. The number of H-pyrrole nitrogens is 1. The molecule has 0 aliphatic heterocycles. The van der Waals surface area contributed by atoms with Gasteiger partial charge in [0.1, 0.15) is 11.3 Å². The number of fused-ring (bicyclic) bond motifs is 3. The number of ketones is 1. The van der Waals surface area contributed by atoms with Crippen LogP contribution in [0.25, 0.3) is 16.6 Å². The highest BCUT2D eigenvalue weighted by Crippen LogP contribution is 2.23. The van der Waals surface area contributed by atoms with Crippen LogP contribution in [0.15, 0.2) is 59.5 Å². The molecule has 2 aromatic heterocycles. The van der Waals surface area contributed by atoms with Gasteiger partial charge in [-0.25, -0.2) is 0 Å². The van der Waals surface area contributed by atoms with Crippen molar-refractivity contribution in [2.75, 3.05) is 0 Å². The SMILES string of the molecule is Cc1ccc(O)c(C(=O)c2cc3c(=O)[nH]c4ccccc4n3c2)c1. The third-order valence-electron chi connectivity index (χ3n) is 4.12. The first-order valence-corrected chi connectivity index (χ1v) is 7.52. The monoisotopic (exact) mass is 318 g/mol. The molecule has 2 heterocycles. The second-order valence-corrected chi connectivity index (χ2v) is 5.81. The number of benzene rings is 2. The smallest absolute Gasteiger partial charge is 0.272 e. The number of aromatic hydroxyl groups is 1. The number of rotatable bonds is 2. The van der Waals surface area contributed by atoms with Crippen molar-refractivity contribution in [1.82, 2.24) is 9.38 Å². The predicted octanol–water partition coefficient (Wildman–Crippen LogP) is 3.03.